The molecule has 0 aliphatic heterocycles. The number of hydrogen-bond donors (Lipinski definition) is 3. The molecule has 0 fully saturated rings. The molecule has 0 atom stereocenters. The van der Waals surface area contributed by atoms with Crippen LogP contribution in [0.4, 0.5) is 10.5 Å². The van der Waals surface area contributed by atoms with Gasteiger partial charge in [0, 0.05) is 12.8 Å². The maximum Gasteiger partial charge on any atom is 0.319 e. The van der Waals surface area contributed by atoms with Crippen molar-refractivity contribution in [3.05, 3.63) is 24.0 Å². The van der Waals surface area contributed by atoms with Gasteiger partial charge in [-0.1, -0.05) is 0 Å². The average Bonchev–Trinajstić information content (AvgIpc) is 2.29. The summed E-state index contributed by atoms with van der Waals surface area (Å²) in [6, 6.07) is 2.45. The van der Waals surface area contributed by atoms with Gasteiger partial charge >= 0.3 is 12.0 Å². The number of anilines is 1. The summed E-state index contributed by atoms with van der Waals surface area (Å²) in [5, 5.41) is 13.4. The zero-order valence-corrected chi connectivity index (χ0v) is 11.6. The fraction of sp³-hybridized carbons (Fsp3) is 0.364. The molecule has 0 unspecified atom stereocenters. The summed E-state index contributed by atoms with van der Waals surface area (Å²) in [5.41, 5.74) is 0.761. The molecule has 3 N–H and O–H groups in total. The van der Waals surface area contributed by atoms with Crippen molar-refractivity contribution in [1.82, 2.24) is 10.3 Å². The number of nitrogens with zero attached hydrogens (tertiary/aromatic N) is 1. The van der Waals surface area contributed by atoms with Gasteiger partial charge in [-0.05, 0) is 12.1 Å². The second-order valence-corrected chi connectivity index (χ2v) is 6.38. The average molecular weight is 301 g/mol. The Hall–Kier alpha value is -2.16. The monoisotopic (exact) mass is 301 g/mol. The number of carbonyl (C=O) groups is 2. The normalized spacial score (nSPS) is 10.8. The summed E-state index contributed by atoms with van der Waals surface area (Å²) in [6.07, 6.45) is 2.22. The van der Waals surface area contributed by atoms with E-state index in [1.54, 1.807) is 0 Å². The second kappa shape index (κ2) is 6.85. The largest absolute Gasteiger partial charge is 0.481 e. The smallest absolute Gasteiger partial charge is 0.319 e. The van der Waals surface area contributed by atoms with Crippen LogP contribution in [0.2, 0.25) is 0 Å². The standard InChI is InChI=1S/C11H15N3O5S/c1-20(18,19)5-4-12-11(17)14-9-3-2-8(13-7-9)6-10(15)16/h2-3,7H,4-6H2,1H3,(H,15,16)(H2,12,14,17). The van der Waals surface area contributed by atoms with Crippen LogP contribution in [-0.2, 0) is 21.1 Å². The van der Waals surface area contributed by atoms with E-state index >= 15 is 0 Å². The lowest BCUT2D eigenvalue weighted by molar-refractivity contribution is -0.136. The van der Waals surface area contributed by atoms with Gasteiger partial charge in [-0.15, -0.1) is 0 Å². The fourth-order valence-corrected chi connectivity index (χ4v) is 1.76. The maximum atomic E-state index is 11.4. The van der Waals surface area contributed by atoms with E-state index in [1.165, 1.54) is 18.3 Å². The third kappa shape index (κ3) is 6.69. The number of rotatable bonds is 6. The summed E-state index contributed by atoms with van der Waals surface area (Å²) in [5.74, 6) is -1.13. The van der Waals surface area contributed by atoms with E-state index in [1.807, 2.05) is 0 Å². The van der Waals surface area contributed by atoms with Gasteiger partial charge in [0.25, 0.3) is 0 Å². The van der Waals surface area contributed by atoms with E-state index in [9.17, 15) is 18.0 Å². The van der Waals surface area contributed by atoms with Gasteiger partial charge < -0.3 is 15.7 Å². The van der Waals surface area contributed by atoms with Gasteiger partial charge in [-0.25, -0.2) is 13.2 Å². The molecule has 8 nitrogen and oxygen atoms in total. The zero-order valence-electron chi connectivity index (χ0n) is 10.8. The Bertz CT molecular complexity index is 583. The number of carboxylic acids is 1. The third-order valence-corrected chi connectivity index (χ3v) is 3.12. The molecule has 0 saturated carbocycles. The van der Waals surface area contributed by atoms with Crippen molar-refractivity contribution in [2.24, 2.45) is 0 Å². The number of aliphatic carboxylic acids is 1. The van der Waals surface area contributed by atoms with Crippen molar-refractivity contribution < 1.29 is 23.1 Å². The molecule has 0 spiro atoms. The third-order valence-electron chi connectivity index (χ3n) is 2.17. The predicted octanol–water partition coefficient (Wildman–Crippen LogP) is -0.125. The summed E-state index contributed by atoms with van der Waals surface area (Å²) < 4.78 is 21.7. The quantitative estimate of drug-likeness (QED) is 0.672. The molecule has 1 heterocycles. The van der Waals surface area contributed by atoms with E-state index in [0.29, 0.717) is 11.4 Å². The first kappa shape index (κ1) is 15.9. The van der Waals surface area contributed by atoms with Crippen molar-refractivity contribution >= 4 is 27.5 Å². The lowest BCUT2D eigenvalue weighted by Crippen LogP contribution is -2.32. The van der Waals surface area contributed by atoms with Crippen LogP contribution in [0.1, 0.15) is 5.69 Å². The van der Waals surface area contributed by atoms with Gasteiger partial charge in [-0.2, -0.15) is 0 Å². The topological polar surface area (TPSA) is 125 Å². The molecule has 1 aromatic heterocycles. The van der Waals surface area contributed by atoms with Gasteiger partial charge in [-0.3, -0.25) is 9.78 Å². The number of carbonyl (C=O) groups excluding carboxylic acids is 1. The number of urea groups is 1. The fourth-order valence-electron chi connectivity index (χ4n) is 1.28. The van der Waals surface area contributed by atoms with Crippen LogP contribution < -0.4 is 10.6 Å². The Labute approximate surface area is 116 Å². The first-order valence-electron chi connectivity index (χ1n) is 5.65. The molecule has 20 heavy (non-hydrogen) atoms. The number of sulfone groups is 1. The number of pyridine rings is 1. The van der Waals surface area contributed by atoms with Gasteiger partial charge in [0.1, 0.15) is 9.84 Å². The molecule has 0 aliphatic rings. The Morgan fingerprint density at radius 2 is 2.05 bits per heavy atom. The van der Waals surface area contributed by atoms with E-state index in [2.05, 4.69) is 15.6 Å². The number of carboxylic acid groups (broad SMARTS) is 1. The molecule has 0 saturated heterocycles. The van der Waals surface area contributed by atoms with Crippen LogP contribution in [0.25, 0.3) is 0 Å². The lowest BCUT2D eigenvalue weighted by atomic mass is 10.2. The molecule has 1 aromatic rings. The van der Waals surface area contributed by atoms with Crippen LogP contribution >= 0.6 is 0 Å². The van der Waals surface area contributed by atoms with Gasteiger partial charge in [0.05, 0.1) is 29.8 Å². The molecule has 1 rings (SSSR count). The lowest BCUT2D eigenvalue weighted by Gasteiger charge is -2.07. The minimum absolute atomic E-state index is 0.00912. The van der Waals surface area contributed by atoms with Crippen molar-refractivity contribution in [3.8, 4) is 0 Å². The zero-order chi connectivity index (χ0) is 15.2. The highest BCUT2D eigenvalue weighted by Crippen LogP contribution is 2.06. The first-order valence-corrected chi connectivity index (χ1v) is 7.71. The van der Waals surface area contributed by atoms with E-state index in [0.717, 1.165) is 6.26 Å². The van der Waals surface area contributed by atoms with Crippen LogP contribution in [0, 0.1) is 0 Å². The van der Waals surface area contributed by atoms with Crippen LogP contribution in [0.15, 0.2) is 18.3 Å². The van der Waals surface area contributed by atoms with E-state index in [4.69, 9.17) is 5.11 Å². The molecule has 9 heteroatoms. The highest BCUT2D eigenvalue weighted by Gasteiger charge is 2.06. The molecular weight excluding hydrogens is 286 g/mol. The summed E-state index contributed by atoms with van der Waals surface area (Å²) in [4.78, 5) is 25.8. The molecule has 0 aromatic carbocycles. The first-order chi connectivity index (χ1) is 9.26. The SMILES string of the molecule is CS(=O)(=O)CCNC(=O)Nc1ccc(CC(=O)O)nc1. The Morgan fingerprint density at radius 1 is 1.35 bits per heavy atom. The van der Waals surface area contributed by atoms with Crippen molar-refractivity contribution in [2.75, 3.05) is 23.9 Å². The van der Waals surface area contributed by atoms with Gasteiger partial charge in [0.15, 0.2) is 0 Å². The highest BCUT2D eigenvalue weighted by atomic mass is 32.2. The molecule has 0 radical (unpaired) electrons. The van der Waals surface area contributed by atoms with Crippen molar-refractivity contribution in [1.29, 1.82) is 0 Å². The van der Waals surface area contributed by atoms with Crippen LogP contribution in [0.3, 0.4) is 0 Å². The Balaban J connectivity index is 2.44. The molecular formula is C11H15N3O5S. The van der Waals surface area contributed by atoms with Crippen LogP contribution in [0.5, 0.6) is 0 Å². The highest BCUT2D eigenvalue weighted by molar-refractivity contribution is 7.90. The molecule has 2 amide bonds. The number of amides is 2. The van der Waals surface area contributed by atoms with E-state index in [-0.39, 0.29) is 18.7 Å². The molecule has 110 valence electrons. The minimum atomic E-state index is -3.12. The number of aromatic nitrogens is 1. The van der Waals surface area contributed by atoms with Crippen molar-refractivity contribution in [2.45, 2.75) is 6.42 Å². The molecule has 0 bridgehead atoms. The number of hydrogen-bond acceptors (Lipinski definition) is 5. The van der Waals surface area contributed by atoms with Crippen LogP contribution in [-0.4, -0.2) is 49.1 Å². The summed E-state index contributed by atoms with van der Waals surface area (Å²) in [6.45, 7) is 0.00912. The Morgan fingerprint density at radius 3 is 2.55 bits per heavy atom. The summed E-state index contributed by atoms with van der Waals surface area (Å²) >= 11 is 0. The minimum Gasteiger partial charge on any atom is -0.481 e. The Kier molecular flexibility index (Phi) is 5.44. The van der Waals surface area contributed by atoms with Crippen molar-refractivity contribution in [3.63, 3.8) is 0 Å². The second-order valence-electron chi connectivity index (χ2n) is 4.12. The van der Waals surface area contributed by atoms with Gasteiger partial charge in [0.2, 0.25) is 0 Å². The maximum absolute atomic E-state index is 11.4. The predicted molar refractivity (Wildman–Crippen MR) is 72.3 cm³/mol. The van der Waals surface area contributed by atoms with E-state index < -0.39 is 21.8 Å². The summed E-state index contributed by atoms with van der Waals surface area (Å²) in [7, 11) is -3.12. The number of nitrogens with one attached hydrogen (secondary N) is 2. The molecule has 0 aliphatic carbocycles.